The molecule has 3 rings (SSSR count). The highest BCUT2D eigenvalue weighted by atomic mass is 35.5. The molecule has 0 radical (unpaired) electrons. The first-order chi connectivity index (χ1) is 14.0. The van der Waals surface area contributed by atoms with Gasteiger partial charge in [0, 0.05) is 42.8 Å². The number of nitrogens with one attached hydrogen (secondary N) is 1. The Hall–Kier alpha value is -2.76. The van der Waals surface area contributed by atoms with E-state index in [1.807, 2.05) is 73.8 Å². The molecular formula is C23H26ClN3O2. The van der Waals surface area contributed by atoms with E-state index in [1.165, 1.54) is 0 Å². The molecule has 2 aromatic carbocycles. The van der Waals surface area contributed by atoms with Crippen LogP contribution in [0.3, 0.4) is 0 Å². The van der Waals surface area contributed by atoms with Crippen LogP contribution in [0, 0.1) is 6.92 Å². The van der Waals surface area contributed by atoms with Gasteiger partial charge in [0.1, 0.15) is 0 Å². The molecule has 0 saturated carbocycles. The van der Waals surface area contributed by atoms with E-state index >= 15 is 0 Å². The second-order valence-corrected chi connectivity index (χ2v) is 7.41. The summed E-state index contributed by atoms with van der Waals surface area (Å²) in [6, 6.07) is 19.5. The molecule has 6 heteroatoms. The number of ether oxygens (including phenoxy) is 1. The number of methoxy groups -OCH3 is 1. The average Bonchev–Trinajstić information content (AvgIpc) is 3.11. The smallest absolute Gasteiger partial charge is 0.322 e. The van der Waals surface area contributed by atoms with E-state index in [0.29, 0.717) is 26.2 Å². The third-order valence-electron chi connectivity index (χ3n) is 4.64. The molecule has 0 saturated heterocycles. The first-order valence-corrected chi connectivity index (χ1v) is 9.93. The quantitative estimate of drug-likeness (QED) is 0.555. The van der Waals surface area contributed by atoms with Crippen molar-refractivity contribution in [3.63, 3.8) is 0 Å². The number of carbonyl (C=O) groups is 1. The Morgan fingerprint density at radius 2 is 1.97 bits per heavy atom. The Bertz CT molecular complexity index is 955. The molecule has 1 N–H and O–H groups in total. The van der Waals surface area contributed by atoms with Crippen molar-refractivity contribution < 1.29 is 9.53 Å². The summed E-state index contributed by atoms with van der Waals surface area (Å²) >= 11 is 6.11. The maximum absolute atomic E-state index is 12.9. The molecule has 0 atom stereocenters. The zero-order chi connectivity index (χ0) is 20.6. The first kappa shape index (κ1) is 21.0. The zero-order valence-electron chi connectivity index (χ0n) is 16.8. The number of halogens is 1. The molecule has 0 aliphatic carbocycles. The molecule has 0 aliphatic heterocycles. The molecule has 0 bridgehead atoms. The predicted molar refractivity (Wildman–Crippen MR) is 117 cm³/mol. The van der Waals surface area contributed by atoms with Crippen LogP contribution in [0.2, 0.25) is 5.02 Å². The fourth-order valence-electron chi connectivity index (χ4n) is 3.15. The molecule has 0 aliphatic rings. The summed E-state index contributed by atoms with van der Waals surface area (Å²) in [5.74, 6) is 0. The molecule has 29 heavy (non-hydrogen) atoms. The van der Waals surface area contributed by atoms with Crippen molar-refractivity contribution in [2.45, 2.75) is 20.0 Å². The number of benzene rings is 2. The number of aromatic nitrogens is 1. The van der Waals surface area contributed by atoms with Crippen LogP contribution >= 0.6 is 11.6 Å². The molecule has 1 aromatic heterocycles. The summed E-state index contributed by atoms with van der Waals surface area (Å²) in [4.78, 5) is 14.7. The predicted octanol–water partition coefficient (Wildman–Crippen LogP) is 5.18. The lowest BCUT2D eigenvalue weighted by molar-refractivity contribution is 0.152. The molecule has 0 spiro atoms. The Balaban J connectivity index is 1.73. The average molecular weight is 412 g/mol. The number of hydrogen-bond donors (Lipinski definition) is 1. The SMILES string of the molecule is COCCN(Cc1cccn1Cc1cccc(Cl)c1)C(=O)Nc1cccc(C)c1. The molecule has 0 fully saturated rings. The maximum Gasteiger partial charge on any atom is 0.322 e. The van der Waals surface area contributed by atoms with E-state index in [4.69, 9.17) is 16.3 Å². The minimum atomic E-state index is -0.150. The molecule has 152 valence electrons. The fourth-order valence-corrected chi connectivity index (χ4v) is 3.37. The van der Waals surface area contributed by atoms with Crippen LogP contribution in [0.25, 0.3) is 0 Å². The van der Waals surface area contributed by atoms with Gasteiger partial charge in [-0.05, 0) is 54.4 Å². The monoisotopic (exact) mass is 411 g/mol. The number of hydrogen-bond acceptors (Lipinski definition) is 2. The summed E-state index contributed by atoms with van der Waals surface area (Å²) < 4.78 is 7.34. The highest BCUT2D eigenvalue weighted by Crippen LogP contribution is 2.16. The summed E-state index contributed by atoms with van der Waals surface area (Å²) in [6.45, 7) is 4.14. The number of aryl methyl sites for hydroxylation is 1. The molecule has 2 amide bonds. The van der Waals surface area contributed by atoms with Crippen molar-refractivity contribution in [2.75, 3.05) is 25.6 Å². The summed E-state index contributed by atoms with van der Waals surface area (Å²) in [5, 5.41) is 3.70. The van der Waals surface area contributed by atoms with Gasteiger partial charge in [0.25, 0.3) is 0 Å². The molecule has 3 aromatic rings. The highest BCUT2D eigenvalue weighted by molar-refractivity contribution is 6.30. The number of anilines is 1. The van der Waals surface area contributed by atoms with Crippen molar-refractivity contribution in [3.8, 4) is 0 Å². The van der Waals surface area contributed by atoms with E-state index in [1.54, 1.807) is 12.0 Å². The van der Waals surface area contributed by atoms with Crippen LogP contribution < -0.4 is 5.32 Å². The van der Waals surface area contributed by atoms with E-state index in [9.17, 15) is 4.79 Å². The lowest BCUT2D eigenvalue weighted by Crippen LogP contribution is -2.37. The normalized spacial score (nSPS) is 10.7. The third kappa shape index (κ3) is 6.11. The molecule has 1 heterocycles. The first-order valence-electron chi connectivity index (χ1n) is 9.55. The van der Waals surface area contributed by atoms with E-state index in [0.717, 1.165) is 27.5 Å². The lowest BCUT2D eigenvalue weighted by atomic mass is 10.2. The van der Waals surface area contributed by atoms with Gasteiger partial charge in [0.15, 0.2) is 0 Å². The summed E-state index contributed by atoms with van der Waals surface area (Å²) in [5.41, 5.74) is 4.04. The second-order valence-electron chi connectivity index (χ2n) is 6.97. The van der Waals surface area contributed by atoms with Crippen LogP contribution in [0.5, 0.6) is 0 Å². The largest absolute Gasteiger partial charge is 0.383 e. The Morgan fingerprint density at radius 3 is 2.72 bits per heavy atom. The zero-order valence-corrected chi connectivity index (χ0v) is 17.5. The van der Waals surface area contributed by atoms with Gasteiger partial charge in [-0.1, -0.05) is 35.9 Å². The second kappa shape index (κ2) is 10.1. The summed E-state index contributed by atoms with van der Waals surface area (Å²) in [7, 11) is 1.64. The Kier molecular flexibility index (Phi) is 7.33. The van der Waals surface area contributed by atoms with Gasteiger partial charge in [-0.2, -0.15) is 0 Å². The van der Waals surface area contributed by atoms with Crippen molar-refractivity contribution in [3.05, 3.63) is 88.7 Å². The van der Waals surface area contributed by atoms with E-state index in [2.05, 4.69) is 9.88 Å². The van der Waals surface area contributed by atoms with Crippen LogP contribution in [0.15, 0.2) is 66.9 Å². The van der Waals surface area contributed by atoms with Crippen molar-refractivity contribution in [1.82, 2.24) is 9.47 Å². The van der Waals surface area contributed by atoms with E-state index in [-0.39, 0.29) is 6.03 Å². The third-order valence-corrected chi connectivity index (χ3v) is 4.88. The molecule has 0 unspecified atom stereocenters. The van der Waals surface area contributed by atoms with Gasteiger partial charge in [-0.3, -0.25) is 0 Å². The number of amides is 2. The maximum atomic E-state index is 12.9. The lowest BCUT2D eigenvalue weighted by Gasteiger charge is -2.24. The van der Waals surface area contributed by atoms with Crippen molar-refractivity contribution >= 4 is 23.3 Å². The van der Waals surface area contributed by atoms with Crippen LogP contribution in [-0.2, 0) is 17.8 Å². The van der Waals surface area contributed by atoms with E-state index < -0.39 is 0 Å². The Labute approximate surface area is 176 Å². The van der Waals surface area contributed by atoms with Crippen molar-refractivity contribution in [1.29, 1.82) is 0 Å². The van der Waals surface area contributed by atoms with Crippen LogP contribution in [-0.4, -0.2) is 35.8 Å². The molecule has 5 nitrogen and oxygen atoms in total. The number of nitrogens with zero attached hydrogens (tertiary/aromatic N) is 2. The summed E-state index contributed by atoms with van der Waals surface area (Å²) in [6.07, 6.45) is 2.02. The number of urea groups is 1. The minimum Gasteiger partial charge on any atom is -0.383 e. The topological polar surface area (TPSA) is 46.5 Å². The highest BCUT2D eigenvalue weighted by Gasteiger charge is 2.16. The fraction of sp³-hybridized carbons (Fsp3) is 0.261. The van der Waals surface area contributed by atoms with Gasteiger partial charge in [0.2, 0.25) is 0 Å². The van der Waals surface area contributed by atoms with Crippen LogP contribution in [0.4, 0.5) is 10.5 Å². The van der Waals surface area contributed by atoms with Gasteiger partial charge in [-0.15, -0.1) is 0 Å². The standard InChI is InChI=1S/C23H26ClN3O2/c1-18-6-3-9-21(14-18)25-23(28)27(12-13-29-2)17-22-10-5-11-26(22)16-19-7-4-8-20(24)15-19/h3-11,14-15H,12-13,16-17H2,1-2H3,(H,25,28). The minimum absolute atomic E-state index is 0.150. The number of rotatable bonds is 8. The molecular weight excluding hydrogens is 386 g/mol. The Morgan fingerprint density at radius 1 is 1.14 bits per heavy atom. The van der Waals surface area contributed by atoms with Gasteiger partial charge >= 0.3 is 6.03 Å². The van der Waals surface area contributed by atoms with Gasteiger partial charge in [0.05, 0.1) is 13.2 Å². The number of carbonyl (C=O) groups excluding carboxylic acids is 1. The van der Waals surface area contributed by atoms with Gasteiger partial charge in [-0.25, -0.2) is 4.79 Å². The van der Waals surface area contributed by atoms with Gasteiger partial charge < -0.3 is 19.5 Å². The van der Waals surface area contributed by atoms with Crippen molar-refractivity contribution in [2.24, 2.45) is 0 Å². The van der Waals surface area contributed by atoms with Crippen LogP contribution in [0.1, 0.15) is 16.8 Å².